The number of carbonyl (C=O) groups excluding carboxylic acids is 2. The number of hydrogen-bond donors (Lipinski definition) is 2. The standard InChI is InChI=1S/C26H24N2O5/c1-31-20-14-13-19(15-21(20)33-16-17-9-5-3-6-10-17)24-22(25(29)32-2)23(27-26(30)28-24)18-11-7-4-8-12-18/h3-15,24H,16H2,1-2H3,(H2,27,28,30). The quantitative estimate of drug-likeness (QED) is 0.533. The molecule has 2 N–H and O–H groups in total. The van der Waals surface area contributed by atoms with Gasteiger partial charge in [-0.2, -0.15) is 0 Å². The van der Waals surface area contributed by atoms with E-state index in [1.165, 1.54) is 7.11 Å². The second-order valence-electron chi connectivity index (χ2n) is 7.36. The van der Waals surface area contributed by atoms with Crippen LogP contribution < -0.4 is 20.1 Å². The van der Waals surface area contributed by atoms with Gasteiger partial charge < -0.3 is 24.8 Å². The number of hydrogen-bond acceptors (Lipinski definition) is 5. The second kappa shape index (κ2) is 9.91. The van der Waals surface area contributed by atoms with Crippen molar-refractivity contribution in [2.45, 2.75) is 12.6 Å². The fourth-order valence-electron chi connectivity index (χ4n) is 3.70. The van der Waals surface area contributed by atoms with Crippen LogP contribution in [-0.4, -0.2) is 26.2 Å². The molecule has 7 heteroatoms. The van der Waals surface area contributed by atoms with Crippen molar-refractivity contribution in [1.82, 2.24) is 10.6 Å². The summed E-state index contributed by atoms with van der Waals surface area (Å²) in [6, 6.07) is 23.1. The van der Waals surface area contributed by atoms with Gasteiger partial charge in [0.05, 0.1) is 31.5 Å². The maximum Gasteiger partial charge on any atom is 0.338 e. The van der Waals surface area contributed by atoms with E-state index in [4.69, 9.17) is 14.2 Å². The number of amides is 2. The lowest BCUT2D eigenvalue weighted by molar-refractivity contribution is -0.136. The number of ether oxygens (including phenoxy) is 3. The van der Waals surface area contributed by atoms with Crippen LogP contribution in [0, 0.1) is 0 Å². The number of carbonyl (C=O) groups is 2. The zero-order valence-electron chi connectivity index (χ0n) is 18.3. The summed E-state index contributed by atoms with van der Waals surface area (Å²) < 4.78 is 16.5. The molecule has 3 aromatic carbocycles. The Kier molecular flexibility index (Phi) is 6.59. The molecule has 0 saturated heterocycles. The summed E-state index contributed by atoms with van der Waals surface area (Å²) in [6.07, 6.45) is 0. The average Bonchev–Trinajstić information content (AvgIpc) is 2.87. The lowest BCUT2D eigenvalue weighted by Gasteiger charge is -2.29. The third kappa shape index (κ3) is 4.82. The number of methoxy groups -OCH3 is 2. The van der Waals surface area contributed by atoms with E-state index in [0.29, 0.717) is 40.5 Å². The third-order valence-corrected chi connectivity index (χ3v) is 5.30. The molecule has 1 unspecified atom stereocenters. The summed E-state index contributed by atoms with van der Waals surface area (Å²) in [7, 11) is 2.87. The van der Waals surface area contributed by atoms with Gasteiger partial charge in [-0.15, -0.1) is 0 Å². The number of urea groups is 1. The zero-order chi connectivity index (χ0) is 23.2. The summed E-state index contributed by atoms with van der Waals surface area (Å²) >= 11 is 0. The summed E-state index contributed by atoms with van der Waals surface area (Å²) in [4.78, 5) is 25.4. The molecule has 4 rings (SSSR count). The van der Waals surface area contributed by atoms with Gasteiger partial charge in [0.25, 0.3) is 0 Å². The zero-order valence-corrected chi connectivity index (χ0v) is 18.3. The summed E-state index contributed by atoms with van der Waals surface area (Å²) in [5, 5.41) is 5.59. The van der Waals surface area contributed by atoms with E-state index < -0.39 is 18.0 Å². The van der Waals surface area contributed by atoms with E-state index >= 15 is 0 Å². The number of rotatable bonds is 7. The maximum atomic E-state index is 12.8. The smallest absolute Gasteiger partial charge is 0.338 e. The van der Waals surface area contributed by atoms with Crippen molar-refractivity contribution in [2.24, 2.45) is 0 Å². The van der Waals surface area contributed by atoms with Gasteiger partial charge in [-0.05, 0) is 28.8 Å². The van der Waals surface area contributed by atoms with Crippen molar-refractivity contribution in [3.8, 4) is 11.5 Å². The van der Waals surface area contributed by atoms with Crippen molar-refractivity contribution in [3.63, 3.8) is 0 Å². The summed E-state index contributed by atoms with van der Waals surface area (Å²) in [6.45, 7) is 0.341. The molecule has 168 valence electrons. The fourth-order valence-corrected chi connectivity index (χ4v) is 3.70. The minimum Gasteiger partial charge on any atom is -0.493 e. The Hall–Kier alpha value is -4.26. The molecule has 1 atom stereocenters. The topological polar surface area (TPSA) is 85.9 Å². The van der Waals surface area contributed by atoms with Crippen LogP contribution in [-0.2, 0) is 16.1 Å². The van der Waals surface area contributed by atoms with Gasteiger partial charge in [0.2, 0.25) is 0 Å². The molecule has 33 heavy (non-hydrogen) atoms. The number of esters is 1. The van der Waals surface area contributed by atoms with Crippen molar-refractivity contribution in [3.05, 3.63) is 101 Å². The summed E-state index contributed by atoms with van der Waals surface area (Å²) in [5.41, 5.74) is 3.05. The van der Waals surface area contributed by atoms with Crippen LogP contribution in [0.4, 0.5) is 4.79 Å². The monoisotopic (exact) mass is 444 g/mol. The Bertz CT molecular complexity index is 1180. The molecule has 3 aromatic rings. The van der Waals surface area contributed by atoms with Crippen LogP contribution in [0.25, 0.3) is 5.70 Å². The van der Waals surface area contributed by atoms with Crippen molar-refractivity contribution in [2.75, 3.05) is 14.2 Å². The van der Waals surface area contributed by atoms with E-state index in [0.717, 1.165) is 5.56 Å². The Morgan fingerprint density at radius 1 is 0.909 bits per heavy atom. The minimum absolute atomic E-state index is 0.294. The Labute approximate surface area is 192 Å². The predicted molar refractivity (Wildman–Crippen MR) is 124 cm³/mol. The average molecular weight is 444 g/mol. The van der Waals surface area contributed by atoms with Crippen LogP contribution in [0.5, 0.6) is 11.5 Å². The normalized spacial score (nSPS) is 15.3. The van der Waals surface area contributed by atoms with Gasteiger partial charge in [-0.25, -0.2) is 9.59 Å². The molecule has 0 aliphatic carbocycles. The van der Waals surface area contributed by atoms with Gasteiger partial charge in [0, 0.05) is 0 Å². The highest BCUT2D eigenvalue weighted by Crippen LogP contribution is 2.36. The van der Waals surface area contributed by atoms with E-state index in [2.05, 4.69) is 10.6 Å². The van der Waals surface area contributed by atoms with Gasteiger partial charge in [0.1, 0.15) is 6.61 Å². The number of nitrogens with one attached hydrogen (secondary N) is 2. The molecule has 1 aliphatic heterocycles. The molecule has 0 fully saturated rings. The summed E-state index contributed by atoms with van der Waals surface area (Å²) in [5.74, 6) is 0.493. The van der Waals surface area contributed by atoms with Crippen LogP contribution >= 0.6 is 0 Å². The molecule has 2 amide bonds. The Morgan fingerprint density at radius 3 is 2.27 bits per heavy atom. The number of benzene rings is 3. The second-order valence-corrected chi connectivity index (χ2v) is 7.36. The molecule has 7 nitrogen and oxygen atoms in total. The molecular weight excluding hydrogens is 420 g/mol. The molecule has 0 bridgehead atoms. The highest BCUT2D eigenvalue weighted by Gasteiger charge is 2.34. The van der Waals surface area contributed by atoms with E-state index in [-0.39, 0.29) is 0 Å². The largest absolute Gasteiger partial charge is 0.493 e. The van der Waals surface area contributed by atoms with Crippen molar-refractivity contribution >= 4 is 17.7 Å². The molecule has 0 saturated carbocycles. The van der Waals surface area contributed by atoms with Gasteiger partial charge in [-0.3, -0.25) is 0 Å². The van der Waals surface area contributed by atoms with Crippen molar-refractivity contribution in [1.29, 1.82) is 0 Å². The van der Waals surface area contributed by atoms with Crippen LogP contribution in [0.1, 0.15) is 22.7 Å². The molecule has 0 spiro atoms. The molecule has 0 radical (unpaired) electrons. The van der Waals surface area contributed by atoms with E-state index in [1.807, 2.05) is 60.7 Å². The highest BCUT2D eigenvalue weighted by atomic mass is 16.5. The first-order valence-electron chi connectivity index (χ1n) is 10.4. The van der Waals surface area contributed by atoms with Crippen LogP contribution in [0.15, 0.2) is 84.4 Å². The first kappa shape index (κ1) is 22.0. The SMILES string of the molecule is COC(=O)C1=C(c2ccccc2)NC(=O)NC1c1ccc(OC)c(OCc2ccccc2)c1. The molecule has 1 aliphatic rings. The minimum atomic E-state index is -0.744. The lowest BCUT2D eigenvalue weighted by atomic mass is 9.92. The van der Waals surface area contributed by atoms with E-state index in [1.54, 1.807) is 25.3 Å². The lowest BCUT2D eigenvalue weighted by Crippen LogP contribution is -2.45. The maximum absolute atomic E-state index is 12.8. The predicted octanol–water partition coefficient (Wildman–Crippen LogP) is 4.21. The molecular formula is C26H24N2O5. The van der Waals surface area contributed by atoms with Gasteiger partial charge in [0.15, 0.2) is 11.5 Å². The first-order valence-corrected chi connectivity index (χ1v) is 10.4. The molecule has 0 aromatic heterocycles. The third-order valence-electron chi connectivity index (χ3n) is 5.30. The van der Waals surface area contributed by atoms with E-state index in [9.17, 15) is 9.59 Å². The molecule has 1 heterocycles. The highest BCUT2D eigenvalue weighted by molar-refractivity contribution is 6.04. The fraction of sp³-hybridized carbons (Fsp3) is 0.154. The van der Waals surface area contributed by atoms with Gasteiger partial charge >= 0.3 is 12.0 Å². The van der Waals surface area contributed by atoms with Crippen LogP contribution in [0.2, 0.25) is 0 Å². The van der Waals surface area contributed by atoms with Crippen molar-refractivity contribution < 1.29 is 23.8 Å². The Balaban J connectivity index is 1.75. The Morgan fingerprint density at radius 2 is 1.61 bits per heavy atom. The first-order chi connectivity index (χ1) is 16.1. The van der Waals surface area contributed by atoms with Crippen LogP contribution in [0.3, 0.4) is 0 Å². The van der Waals surface area contributed by atoms with Gasteiger partial charge in [-0.1, -0.05) is 66.7 Å².